The minimum atomic E-state index is -0.329. The summed E-state index contributed by atoms with van der Waals surface area (Å²) in [6, 6.07) is 11.7. The molecule has 1 aromatic carbocycles. The highest BCUT2D eigenvalue weighted by Crippen LogP contribution is 2.32. The second-order valence-electron chi connectivity index (χ2n) is 10.2. The zero-order valence-electron chi connectivity index (χ0n) is 20.4. The molecule has 11 nitrogen and oxygen atoms in total. The number of benzene rings is 1. The third-order valence-electron chi connectivity index (χ3n) is 7.57. The lowest BCUT2D eigenvalue weighted by Gasteiger charge is -2.33. The van der Waals surface area contributed by atoms with Crippen LogP contribution in [0.1, 0.15) is 19.3 Å². The van der Waals surface area contributed by atoms with Crippen LogP contribution in [-0.4, -0.2) is 76.4 Å². The predicted molar refractivity (Wildman–Crippen MR) is 140 cm³/mol. The topological polar surface area (TPSA) is 120 Å². The zero-order chi connectivity index (χ0) is 24.8. The van der Waals surface area contributed by atoms with Crippen LogP contribution in [0.2, 0.25) is 0 Å². The minimum Gasteiger partial charge on any atom is -0.371 e. The summed E-state index contributed by atoms with van der Waals surface area (Å²) in [6.07, 6.45) is 7.07. The number of pyridine rings is 1. The minimum absolute atomic E-state index is 0.248. The van der Waals surface area contributed by atoms with Gasteiger partial charge in [-0.05, 0) is 55.7 Å². The summed E-state index contributed by atoms with van der Waals surface area (Å²) in [5.41, 5.74) is 2.18. The summed E-state index contributed by atoms with van der Waals surface area (Å²) >= 11 is 0. The highest BCUT2D eigenvalue weighted by atomic mass is 16.5. The molecule has 6 heterocycles. The second kappa shape index (κ2) is 9.24. The Morgan fingerprint density at radius 2 is 1.73 bits per heavy atom. The molecule has 7 rings (SSSR count). The summed E-state index contributed by atoms with van der Waals surface area (Å²) in [4.78, 5) is 35.7. The van der Waals surface area contributed by atoms with E-state index in [0.717, 1.165) is 57.0 Å². The molecule has 4 aliphatic rings. The molecule has 4 fully saturated rings. The first-order valence-corrected chi connectivity index (χ1v) is 12.9. The molecular formula is C26H29N9O2. The number of fused-ring (bicyclic) bond motifs is 4. The Balaban J connectivity index is 1.14. The molecule has 3 N–H and O–H groups in total. The Morgan fingerprint density at radius 1 is 0.946 bits per heavy atom. The lowest BCUT2D eigenvalue weighted by molar-refractivity contribution is 0.0299. The van der Waals surface area contributed by atoms with Crippen molar-refractivity contribution >= 4 is 29.3 Å². The van der Waals surface area contributed by atoms with Gasteiger partial charge in [-0.3, -0.25) is 4.98 Å². The lowest BCUT2D eigenvalue weighted by atomic mass is 10.2. The van der Waals surface area contributed by atoms with Gasteiger partial charge in [0.1, 0.15) is 0 Å². The molecule has 0 spiro atoms. The molecule has 2 amide bonds. The second-order valence-corrected chi connectivity index (χ2v) is 10.2. The first kappa shape index (κ1) is 22.4. The van der Waals surface area contributed by atoms with Crippen LogP contribution < -0.4 is 25.8 Å². The molecule has 4 atom stereocenters. The normalized spacial score (nSPS) is 25.9. The number of rotatable bonds is 5. The maximum atomic E-state index is 12.4. The Hall–Kier alpha value is -3.83. The number of carbonyl (C=O) groups is 1. The molecular weight excluding hydrogens is 470 g/mol. The van der Waals surface area contributed by atoms with Gasteiger partial charge >= 0.3 is 6.03 Å². The molecule has 190 valence electrons. The first-order chi connectivity index (χ1) is 18.2. The average molecular weight is 500 g/mol. The summed E-state index contributed by atoms with van der Waals surface area (Å²) in [6.45, 7) is 3.49. The van der Waals surface area contributed by atoms with Crippen LogP contribution in [0.5, 0.6) is 0 Å². The van der Waals surface area contributed by atoms with Gasteiger partial charge in [-0.1, -0.05) is 0 Å². The fraction of sp³-hybridized carbons (Fsp3) is 0.423. The number of hydrogen-bond donors (Lipinski definition) is 3. The van der Waals surface area contributed by atoms with Crippen molar-refractivity contribution in [3.8, 4) is 11.4 Å². The maximum Gasteiger partial charge on any atom is 0.323 e. The Kier molecular flexibility index (Phi) is 5.59. The summed E-state index contributed by atoms with van der Waals surface area (Å²) < 4.78 is 6.04. The SMILES string of the molecule is O=C(Nc1ccc(-c2nc(N3CC4CCC(C3)O4)nc(N3CC4CC3CN4)n2)cc1)Nc1cccnc1. The fourth-order valence-electron chi connectivity index (χ4n) is 5.77. The van der Waals surface area contributed by atoms with E-state index >= 15 is 0 Å². The number of hydrogen-bond acceptors (Lipinski definition) is 9. The number of amides is 2. The molecule has 4 aliphatic heterocycles. The fourth-order valence-corrected chi connectivity index (χ4v) is 5.77. The smallest absolute Gasteiger partial charge is 0.323 e. The van der Waals surface area contributed by atoms with Gasteiger partial charge in [0, 0.05) is 55.7 Å². The van der Waals surface area contributed by atoms with Crippen LogP contribution >= 0.6 is 0 Å². The van der Waals surface area contributed by atoms with Crippen molar-refractivity contribution in [2.75, 3.05) is 46.6 Å². The van der Waals surface area contributed by atoms with E-state index in [2.05, 4.69) is 30.7 Å². The molecule has 4 bridgehead atoms. The van der Waals surface area contributed by atoms with Crippen LogP contribution in [0, 0.1) is 0 Å². The van der Waals surface area contributed by atoms with Gasteiger partial charge in [0.25, 0.3) is 0 Å². The van der Waals surface area contributed by atoms with Gasteiger partial charge in [-0.2, -0.15) is 15.0 Å². The average Bonchev–Trinajstić information content (AvgIpc) is 3.65. The van der Waals surface area contributed by atoms with Crippen molar-refractivity contribution in [3.63, 3.8) is 0 Å². The summed E-state index contributed by atoms with van der Waals surface area (Å²) in [7, 11) is 0. The standard InChI is InChI=1S/C26H29N9O2/c36-26(30-18-2-1-9-27-11-18)29-17-5-3-16(4-6-17)23-31-24(34-14-21-7-8-22(15-34)37-21)33-25(32-23)35-13-19-10-20(35)12-28-19/h1-6,9,11,19-22,28H,7-8,10,12-15H2,(H2,29,30,36). The molecule has 3 aromatic rings. The number of carbonyl (C=O) groups excluding carboxylic acids is 1. The van der Waals surface area contributed by atoms with E-state index < -0.39 is 0 Å². The zero-order valence-corrected chi connectivity index (χ0v) is 20.4. The predicted octanol–water partition coefficient (Wildman–Crippen LogP) is 2.50. The van der Waals surface area contributed by atoms with Crippen LogP contribution in [0.15, 0.2) is 48.8 Å². The van der Waals surface area contributed by atoms with Crippen molar-refractivity contribution in [1.82, 2.24) is 25.3 Å². The summed E-state index contributed by atoms with van der Waals surface area (Å²) in [5.74, 6) is 2.10. The van der Waals surface area contributed by atoms with Gasteiger partial charge in [0.15, 0.2) is 5.82 Å². The third-order valence-corrected chi connectivity index (χ3v) is 7.57. The number of urea groups is 1. The molecule has 0 saturated carbocycles. The number of morpholine rings is 1. The van der Waals surface area contributed by atoms with Crippen LogP contribution in [0.3, 0.4) is 0 Å². The molecule has 4 saturated heterocycles. The van der Waals surface area contributed by atoms with E-state index in [1.54, 1.807) is 24.5 Å². The van der Waals surface area contributed by atoms with E-state index in [1.807, 2.05) is 24.3 Å². The van der Waals surface area contributed by atoms with Crippen LogP contribution in [0.4, 0.5) is 28.1 Å². The van der Waals surface area contributed by atoms with Gasteiger partial charge < -0.3 is 30.5 Å². The molecule has 2 aromatic heterocycles. The van der Waals surface area contributed by atoms with Crippen molar-refractivity contribution in [3.05, 3.63) is 48.8 Å². The van der Waals surface area contributed by atoms with Gasteiger partial charge in [-0.15, -0.1) is 0 Å². The highest BCUT2D eigenvalue weighted by Gasteiger charge is 2.40. The summed E-state index contributed by atoms with van der Waals surface area (Å²) in [5, 5.41) is 9.18. The Bertz CT molecular complexity index is 1280. The molecule has 0 aliphatic carbocycles. The number of nitrogens with zero attached hydrogens (tertiary/aromatic N) is 6. The van der Waals surface area contributed by atoms with Gasteiger partial charge in [0.05, 0.1) is 24.1 Å². The molecule has 11 heteroatoms. The molecule has 0 radical (unpaired) electrons. The van der Waals surface area contributed by atoms with Crippen molar-refractivity contribution < 1.29 is 9.53 Å². The van der Waals surface area contributed by atoms with Gasteiger partial charge in [0.2, 0.25) is 11.9 Å². The third kappa shape index (κ3) is 4.56. The number of ether oxygens (including phenoxy) is 1. The van der Waals surface area contributed by atoms with Crippen LogP contribution in [-0.2, 0) is 4.74 Å². The van der Waals surface area contributed by atoms with Gasteiger partial charge in [-0.25, -0.2) is 4.79 Å². The van der Waals surface area contributed by atoms with Crippen LogP contribution in [0.25, 0.3) is 11.4 Å². The van der Waals surface area contributed by atoms with Crippen molar-refractivity contribution in [1.29, 1.82) is 0 Å². The molecule has 4 unspecified atom stereocenters. The first-order valence-electron chi connectivity index (χ1n) is 12.9. The lowest BCUT2D eigenvalue weighted by Crippen LogP contribution is -2.46. The number of anilines is 4. The van der Waals surface area contributed by atoms with E-state index in [-0.39, 0.29) is 18.2 Å². The Morgan fingerprint density at radius 3 is 2.43 bits per heavy atom. The van der Waals surface area contributed by atoms with E-state index in [0.29, 0.717) is 35.2 Å². The maximum absolute atomic E-state index is 12.4. The number of piperazine rings is 1. The van der Waals surface area contributed by atoms with E-state index in [4.69, 9.17) is 19.7 Å². The number of aromatic nitrogens is 4. The quantitative estimate of drug-likeness (QED) is 0.486. The van der Waals surface area contributed by atoms with E-state index in [1.165, 1.54) is 0 Å². The van der Waals surface area contributed by atoms with Crippen molar-refractivity contribution in [2.45, 2.75) is 43.6 Å². The van der Waals surface area contributed by atoms with E-state index in [9.17, 15) is 4.79 Å². The Labute approximate surface area is 214 Å². The monoisotopic (exact) mass is 499 g/mol. The highest BCUT2D eigenvalue weighted by molar-refractivity contribution is 5.99. The largest absolute Gasteiger partial charge is 0.371 e. The molecule has 37 heavy (non-hydrogen) atoms. The van der Waals surface area contributed by atoms with Crippen molar-refractivity contribution in [2.24, 2.45) is 0 Å². The number of nitrogens with one attached hydrogen (secondary N) is 3.